The average molecular weight is 331 g/mol. The monoisotopic (exact) mass is 330 g/mol. The summed E-state index contributed by atoms with van der Waals surface area (Å²) >= 11 is 4.72. The van der Waals surface area contributed by atoms with Gasteiger partial charge in [0.05, 0.1) is 19.4 Å². The van der Waals surface area contributed by atoms with Crippen molar-refractivity contribution in [2.24, 2.45) is 11.3 Å². The minimum atomic E-state index is 0.177. The maximum absolute atomic E-state index is 9.12. The summed E-state index contributed by atoms with van der Waals surface area (Å²) in [5, 5.41) is 9.40. The van der Waals surface area contributed by atoms with Gasteiger partial charge in [0.25, 0.3) is 0 Å². The molecule has 2 aliphatic rings. The topological polar surface area (TPSA) is 35.9 Å². The predicted molar refractivity (Wildman–Crippen MR) is 94.4 cm³/mol. The molecule has 0 aromatic rings. The Morgan fingerprint density at radius 2 is 1.82 bits per heavy atom. The number of nitrogens with zero attached hydrogens (tertiary/aromatic N) is 2. The van der Waals surface area contributed by atoms with Gasteiger partial charge in [-0.3, -0.25) is 9.80 Å². The van der Waals surface area contributed by atoms with Crippen molar-refractivity contribution in [2.45, 2.75) is 51.4 Å². The molecule has 1 N–H and O–H groups in total. The van der Waals surface area contributed by atoms with Gasteiger partial charge in [-0.1, -0.05) is 20.8 Å². The molecule has 0 aromatic heterocycles. The first kappa shape index (κ1) is 18.5. The van der Waals surface area contributed by atoms with Crippen LogP contribution in [-0.4, -0.2) is 72.3 Å². The van der Waals surface area contributed by atoms with Crippen LogP contribution in [0.15, 0.2) is 0 Å². The molecule has 22 heavy (non-hydrogen) atoms. The summed E-state index contributed by atoms with van der Waals surface area (Å²) in [6.45, 7) is 12.9. The summed E-state index contributed by atoms with van der Waals surface area (Å²) in [7, 11) is 0. The zero-order valence-electron chi connectivity index (χ0n) is 14.5. The standard InChI is InChI=1S/C17H34N2O2S/c1-14-8-15(10-17(2,3)9-14)21-12-16(22)11-18-4-6-19(13-20)7-5-18/h14-16,20,22H,4-13H2,1-3H3/t14-,15+,16+/m0/s1. The molecule has 2 rings (SSSR count). The summed E-state index contributed by atoms with van der Waals surface area (Å²) < 4.78 is 6.18. The highest BCUT2D eigenvalue weighted by Crippen LogP contribution is 2.39. The van der Waals surface area contributed by atoms with Gasteiger partial charge in [0.15, 0.2) is 0 Å². The first-order chi connectivity index (χ1) is 10.4. The van der Waals surface area contributed by atoms with Crippen molar-refractivity contribution in [3.05, 3.63) is 0 Å². The first-order valence-corrected chi connectivity index (χ1v) is 9.25. The molecule has 0 amide bonds. The van der Waals surface area contributed by atoms with Crippen LogP contribution in [0, 0.1) is 11.3 Å². The Balaban J connectivity index is 1.66. The second-order valence-electron chi connectivity index (χ2n) is 8.08. The van der Waals surface area contributed by atoms with Crippen molar-refractivity contribution in [1.82, 2.24) is 9.80 Å². The van der Waals surface area contributed by atoms with Crippen LogP contribution in [-0.2, 0) is 4.74 Å². The van der Waals surface area contributed by atoms with E-state index >= 15 is 0 Å². The van der Waals surface area contributed by atoms with Crippen molar-refractivity contribution < 1.29 is 9.84 Å². The smallest absolute Gasteiger partial charge is 0.0957 e. The molecule has 0 aromatic carbocycles. The molecule has 1 saturated carbocycles. The van der Waals surface area contributed by atoms with Crippen LogP contribution in [0.3, 0.4) is 0 Å². The van der Waals surface area contributed by atoms with E-state index in [4.69, 9.17) is 22.5 Å². The van der Waals surface area contributed by atoms with Crippen LogP contribution in [0.4, 0.5) is 0 Å². The van der Waals surface area contributed by atoms with E-state index < -0.39 is 0 Å². The molecular weight excluding hydrogens is 296 g/mol. The summed E-state index contributed by atoms with van der Waals surface area (Å²) in [5.41, 5.74) is 0.412. The van der Waals surface area contributed by atoms with E-state index in [1.54, 1.807) is 0 Å². The maximum Gasteiger partial charge on any atom is 0.0957 e. The number of ether oxygens (including phenoxy) is 1. The van der Waals surface area contributed by atoms with Crippen molar-refractivity contribution in [2.75, 3.05) is 46.1 Å². The minimum Gasteiger partial charge on any atom is -0.381 e. The van der Waals surface area contributed by atoms with Gasteiger partial charge in [0, 0.05) is 38.0 Å². The molecule has 0 unspecified atom stereocenters. The van der Waals surface area contributed by atoms with Gasteiger partial charge in [-0.05, 0) is 30.6 Å². The fourth-order valence-electron chi connectivity index (χ4n) is 4.10. The molecule has 1 heterocycles. The van der Waals surface area contributed by atoms with E-state index in [1.807, 2.05) is 0 Å². The van der Waals surface area contributed by atoms with Gasteiger partial charge in [0.2, 0.25) is 0 Å². The second kappa shape index (κ2) is 8.34. The lowest BCUT2D eigenvalue weighted by molar-refractivity contribution is -0.0250. The lowest BCUT2D eigenvalue weighted by Gasteiger charge is -2.39. The Labute approximate surface area is 141 Å². The molecule has 0 radical (unpaired) electrons. The molecule has 0 spiro atoms. The summed E-state index contributed by atoms with van der Waals surface area (Å²) in [6.07, 6.45) is 4.08. The van der Waals surface area contributed by atoms with Crippen molar-refractivity contribution in [3.63, 3.8) is 0 Å². The molecule has 5 heteroatoms. The van der Waals surface area contributed by atoms with Crippen molar-refractivity contribution in [1.29, 1.82) is 0 Å². The van der Waals surface area contributed by atoms with E-state index in [2.05, 4.69) is 30.6 Å². The molecule has 1 aliphatic carbocycles. The van der Waals surface area contributed by atoms with Gasteiger partial charge in [-0.25, -0.2) is 0 Å². The van der Waals surface area contributed by atoms with Crippen LogP contribution < -0.4 is 0 Å². The molecule has 0 bridgehead atoms. The van der Waals surface area contributed by atoms with Crippen LogP contribution in [0.25, 0.3) is 0 Å². The number of aliphatic hydroxyl groups is 1. The van der Waals surface area contributed by atoms with E-state index in [0.717, 1.165) is 45.2 Å². The highest BCUT2D eigenvalue weighted by Gasteiger charge is 2.32. The molecular formula is C17H34N2O2S. The van der Waals surface area contributed by atoms with E-state index in [1.165, 1.54) is 19.3 Å². The number of rotatable bonds is 6. The minimum absolute atomic E-state index is 0.177. The largest absolute Gasteiger partial charge is 0.381 e. The Kier molecular flexibility index (Phi) is 7.02. The average Bonchev–Trinajstić information content (AvgIpc) is 2.44. The van der Waals surface area contributed by atoms with Crippen molar-refractivity contribution in [3.8, 4) is 0 Å². The molecule has 2 fully saturated rings. The fraction of sp³-hybridized carbons (Fsp3) is 1.00. The fourth-order valence-corrected chi connectivity index (χ4v) is 4.41. The third kappa shape index (κ3) is 6.00. The van der Waals surface area contributed by atoms with Crippen molar-refractivity contribution >= 4 is 12.6 Å². The normalized spacial score (nSPS) is 32.0. The molecule has 1 aliphatic heterocycles. The Morgan fingerprint density at radius 3 is 2.41 bits per heavy atom. The van der Waals surface area contributed by atoms with Crippen LogP contribution in [0.2, 0.25) is 0 Å². The lowest BCUT2D eigenvalue weighted by Crippen LogP contribution is -2.48. The quantitative estimate of drug-likeness (QED) is 0.731. The van der Waals surface area contributed by atoms with E-state index in [9.17, 15) is 0 Å². The van der Waals surface area contributed by atoms with Crippen LogP contribution in [0.1, 0.15) is 40.0 Å². The van der Waals surface area contributed by atoms with Gasteiger partial charge in [-0.2, -0.15) is 12.6 Å². The van der Waals surface area contributed by atoms with Gasteiger partial charge in [-0.15, -0.1) is 0 Å². The first-order valence-electron chi connectivity index (χ1n) is 8.73. The SMILES string of the molecule is C[C@H]1C[C@@H](OC[C@H](S)CN2CCN(CO)CC2)CC(C)(C)C1. The zero-order valence-corrected chi connectivity index (χ0v) is 15.4. The number of hydrogen-bond donors (Lipinski definition) is 2. The molecule has 1 saturated heterocycles. The van der Waals surface area contributed by atoms with Gasteiger partial charge in [0.1, 0.15) is 0 Å². The zero-order chi connectivity index (χ0) is 16.2. The number of aliphatic hydroxyl groups excluding tert-OH is 1. The van der Waals surface area contributed by atoms with Crippen LogP contribution in [0.5, 0.6) is 0 Å². The highest BCUT2D eigenvalue weighted by atomic mass is 32.1. The summed E-state index contributed by atoms with van der Waals surface area (Å²) in [6, 6.07) is 0. The number of piperazine rings is 1. The molecule has 4 nitrogen and oxygen atoms in total. The Bertz CT molecular complexity index is 333. The Hall–Kier alpha value is 0.190. The molecule has 3 atom stereocenters. The highest BCUT2D eigenvalue weighted by molar-refractivity contribution is 7.81. The van der Waals surface area contributed by atoms with E-state index in [0.29, 0.717) is 11.5 Å². The predicted octanol–water partition coefficient (Wildman–Crippen LogP) is 2.08. The Morgan fingerprint density at radius 1 is 1.18 bits per heavy atom. The third-order valence-electron chi connectivity index (χ3n) is 5.00. The maximum atomic E-state index is 9.12. The summed E-state index contributed by atoms with van der Waals surface area (Å²) in [4.78, 5) is 4.51. The van der Waals surface area contributed by atoms with E-state index in [-0.39, 0.29) is 12.0 Å². The summed E-state index contributed by atoms with van der Waals surface area (Å²) in [5.74, 6) is 0.763. The third-order valence-corrected chi connectivity index (χ3v) is 5.32. The van der Waals surface area contributed by atoms with Crippen LogP contribution >= 0.6 is 12.6 Å². The molecule has 130 valence electrons. The number of thiol groups is 1. The van der Waals surface area contributed by atoms with Gasteiger partial charge < -0.3 is 9.84 Å². The lowest BCUT2D eigenvalue weighted by atomic mass is 9.71. The second-order valence-corrected chi connectivity index (χ2v) is 8.81. The van der Waals surface area contributed by atoms with Gasteiger partial charge >= 0.3 is 0 Å². The number of hydrogen-bond acceptors (Lipinski definition) is 5.